The summed E-state index contributed by atoms with van der Waals surface area (Å²) in [4.78, 5) is 31.1. The number of nitrogens with zero attached hydrogens (tertiary/aromatic N) is 4. The third-order valence-electron chi connectivity index (χ3n) is 9.41. The van der Waals surface area contributed by atoms with Gasteiger partial charge in [-0.3, -0.25) is 9.36 Å². The molecule has 2 atom stereocenters. The van der Waals surface area contributed by atoms with Crippen molar-refractivity contribution in [1.29, 1.82) is 5.26 Å². The second-order valence-electron chi connectivity index (χ2n) is 14.1. The van der Waals surface area contributed by atoms with Gasteiger partial charge in [0.1, 0.15) is 29.0 Å². The van der Waals surface area contributed by atoms with Crippen molar-refractivity contribution in [1.82, 2.24) is 14.2 Å². The van der Waals surface area contributed by atoms with E-state index in [0.717, 1.165) is 16.7 Å². The molecule has 0 aliphatic rings. The summed E-state index contributed by atoms with van der Waals surface area (Å²) in [6.07, 6.45) is 1.06. The lowest BCUT2D eigenvalue weighted by atomic mass is 9.80. The molecule has 0 saturated heterocycles. The minimum atomic E-state index is -1.76. The summed E-state index contributed by atoms with van der Waals surface area (Å²) in [5, 5.41) is 12.2. The standard InChI is InChI=1S/C45H52N5O7P/c1-32(2)50(33(3)4)58(56-28-14-27-46)57-41(30-49-29-34(5)42(48-44(49)52)47-43(51)35-15-10-8-11-16-35)31-55-45(36-17-12-9-13-18-36,37-19-23-39(53-6)24-20-37)38-21-25-40(54-7)26-22-38/h8-13,15-26,29,32-33,41H,14,28,30-31H2,1-7H3,(H,47,48,51,52)/t41-,58?/m0/s1. The number of anilines is 1. The topological polar surface area (TPSA) is 137 Å². The Morgan fingerprint density at radius 3 is 1.90 bits per heavy atom. The first-order chi connectivity index (χ1) is 28.0. The summed E-state index contributed by atoms with van der Waals surface area (Å²) < 4.78 is 35.2. The lowest BCUT2D eigenvalue weighted by molar-refractivity contribution is -0.0387. The Morgan fingerprint density at radius 1 is 0.845 bits per heavy atom. The van der Waals surface area contributed by atoms with E-state index in [0.29, 0.717) is 22.6 Å². The number of rotatable bonds is 20. The molecule has 4 aromatic carbocycles. The third-order valence-corrected chi connectivity index (χ3v) is 11.6. The number of ether oxygens (including phenoxy) is 3. The number of benzene rings is 4. The number of aryl methyl sites for hydroxylation is 1. The van der Waals surface area contributed by atoms with Crippen molar-refractivity contribution in [2.45, 2.75) is 71.4 Å². The maximum Gasteiger partial charge on any atom is 0.349 e. The molecule has 12 nitrogen and oxygen atoms in total. The Balaban J connectivity index is 1.61. The average molecular weight is 806 g/mol. The van der Waals surface area contributed by atoms with Gasteiger partial charge in [0.25, 0.3) is 14.4 Å². The van der Waals surface area contributed by atoms with Gasteiger partial charge in [-0.25, -0.2) is 9.46 Å². The van der Waals surface area contributed by atoms with Gasteiger partial charge < -0.3 is 28.6 Å². The van der Waals surface area contributed by atoms with E-state index >= 15 is 0 Å². The number of hydrogen-bond donors (Lipinski definition) is 1. The zero-order valence-corrected chi connectivity index (χ0v) is 35.0. The Morgan fingerprint density at radius 2 is 1.38 bits per heavy atom. The largest absolute Gasteiger partial charge is 0.497 e. The average Bonchev–Trinajstić information content (AvgIpc) is 3.23. The van der Waals surface area contributed by atoms with Crippen molar-refractivity contribution in [2.24, 2.45) is 0 Å². The molecule has 1 N–H and O–H groups in total. The monoisotopic (exact) mass is 805 g/mol. The van der Waals surface area contributed by atoms with Crippen molar-refractivity contribution < 1.29 is 28.1 Å². The molecule has 1 aromatic heterocycles. The number of aromatic nitrogens is 2. The molecule has 5 aromatic rings. The van der Waals surface area contributed by atoms with Crippen molar-refractivity contribution in [2.75, 3.05) is 32.8 Å². The molecule has 13 heteroatoms. The maximum absolute atomic E-state index is 13.8. The van der Waals surface area contributed by atoms with E-state index in [-0.39, 0.29) is 50.0 Å². The molecule has 0 radical (unpaired) electrons. The highest BCUT2D eigenvalue weighted by Crippen LogP contribution is 2.48. The minimum Gasteiger partial charge on any atom is -0.497 e. The summed E-state index contributed by atoms with van der Waals surface area (Å²) in [6.45, 7) is 10.2. The number of nitrogens with one attached hydrogen (secondary N) is 1. The quantitative estimate of drug-likeness (QED) is 0.0463. The fourth-order valence-electron chi connectivity index (χ4n) is 6.67. The van der Waals surface area contributed by atoms with E-state index in [1.807, 2.05) is 84.9 Å². The highest BCUT2D eigenvalue weighted by Gasteiger charge is 2.40. The van der Waals surface area contributed by atoms with Crippen LogP contribution in [0.15, 0.2) is 120 Å². The molecule has 0 fully saturated rings. The van der Waals surface area contributed by atoms with Gasteiger partial charge in [0.2, 0.25) is 0 Å². The molecule has 5 rings (SSSR count). The van der Waals surface area contributed by atoms with Crippen molar-refractivity contribution >= 4 is 20.3 Å². The molecular weight excluding hydrogens is 753 g/mol. The molecule has 0 aliphatic heterocycles. The van der Waals surface area contributed by atoms with Crippen LogP contribution in [0.3, 0.4) is 0 Å². The highest BCUT2D eigenvalue weighted by molar-refractivity contribution is 7.44. The first kappa shape index (κ1) is 43.7. The fourth-order valence-corrected chi connectivity index (χ4v) is 8.36. The molecule has 0 spiro atoms. The van der Waals surface area contributed by atoms with Crippen molar-refractivity contribution in [3.05, 3.63) is 154 Å². The minimum absolute atomic E-state index is 0.0184. The van der Waals surface area contributed by atoms with E-state index in [4.69, 9.17) is 23.3 Å². The molecule has 58 heavy (non-hydrogen) atoms. The number of carbonyl (C=O) groups is 1. The van der Waals surface area contributed by atoms with Gasteiger partial charge in [-0.1, -0.05) is 72.8 Å². The Labute approximate surface area is 342 Å². The lowest BCUT2D eigenvalue weighted by Gasteiger charge is -2.39. The second kappa shape index (κ2) is 20.8. The summed E-state index contributed by atoms with van der Waals surface area (Å²) >= 11 is 0. The van der Waals surface area contributed by atoms with Gasteiger partial charge in [0.05, 0.1) is 46.5 Å². The van der Waals surface area contributed by atoms with Gasteiger partial charge in [-0.05, 0) is 87.7 Å². The van der Waals surface area contributed by atoms with E-state index in [1.54, 1.807) is 51.6 Å². The molecule has 1 heterocycles. The zero-order chi connectivity index (χ0) is 41.7. The number of amides is 1. The number of nitriles is 1. The van der Waals surface area contributed by atoms with Crippen LogP contribution in [-0.2, 0) is 25.9 Å². The highest BCUT2D eigenvalue weighted by atomic mass is 31.2. The fraction of sp³-hybridized carbons (Fsp3) is 0.333. The Bertz CT molecular complexity index is 2100. The van der Waals surface area contributed by atoms with Crippen LogP contribution in [0.2, 0.25) is 0 Å². The van der Waals surface area contributed by atoms with Crippen molar-refractivity contribution in [3.8, 4) is 17.6 Å². The van der Waals surface area contributed by atoms with Crippen LogP contribution in [0, 0.1) is 18.3 Å². The molecule has 1 unspecified atom stereocenters. The molecule has 304 valence electrons. The normalized spacial score (nSPS) is 12.6. The summed E-state index contributed by atoms with van der Waals surface area (Å²) in [5.74, 6) is 1.17. The molecule has 0 saturated carbocycles. The summed E-state index contributed by atoms with van der Waals surface area (Å²) in [5.41, 5.74) is 1.78. The van der Waals surface area contributed by atoms with Crippen LogP contribution < -0.4 is 20.5 Å². The van der Waals surface area contributed by atoms with E-state index in [1.165, 1.54) is 4.57 Å². The van der Waals surface area contributed by atoms with E-state index < -0.39 is 25.9 Å². The summed E-state index contributed by atoms with van der Waals surface area (Å²) in [6, 6.07) is 36.3. The van der Waals surface area contributed by atoms with Crippen LogP contribution in [0.25, 0.3) is 0 Å². The second-order valence-corrected chi connectivity index (χ2v) is 15.5. The molecule has 0 bridgehead atoms. The Kier molecular flexibility index (Phi) is 15.7. The number of methoxy groups -OCH3 is 2. The number of hydrogen-bond acceptors (Lipinski definition) is 10. The predicted molar refractivity (Wildman–Crippen MR) is 226 cm³/mol. The van der Waals surface area contributed by atoms with Gasteiger partial charge >= 0.3 is 5.69 Å². The van der Waals surface area contributed by atoms with Crippen molar-refractivity contribution in [3.63, 3.8) is 0 Å². The maximum atomic E-state index is 13.8. The van der Waals surface area contributed by atoms with Crippen LogP contribution in [-0.4, -0.2) is 65.7 Å². The van der Waals surface area contributed by atoms with Gasteiger partial charge in [-0.2, -0.15) is 10.2 Å². The zero-order valence-electron chi connectivity index (χ0n) is 34.1. The predicted octanol–water partition coefficient (Wildman–Crippen LogP) is 8.49. The van der Waals surface area contributed by atoms with Gasteiger partial charge in [0.15, 0.2) is 0 Å². The lowest BCUT2D eigenvalue weighted by Crippen LogP contribution is -2.40. The van der Waals surface area contributed by atoms with Crippen LogP contribution in [0.5, 0.6) is 11.5 Å². The SMILES string of the molecule is COc1ccc(C(OC[C@H](Cn2cc(C)c(NC(=O)c3ccccc3)nc2=O)OP(OCCC#N)N(C(C)C)C(C)C)(c2ccccc2)c2ccc(OC)cc2)cc1. The first-order valence-corrected chi connectivity index (χ1v) is 20.3. The smallest absolute Gasteiger partial charge is 0.349 e. The van der Waals surface area contributed by atoms with E-state index in [2.05, 4.69) is 48.7 Å². The Hall–Kier alpha value is -5.41. The first-order valence-electron chi connectivity index (χ1n) is 19.2. The summed E-state index contributed by atoms with van der Waals surface area (Å²) in [7, 11) is 1.49. The van der Waals surface area contributed by atoms with Crippen LogP contribution in [0.4, 0.5) is 5.82 Å². The molecule has 1 amide bonds. The molecular formula is C45H52N5O7P. The van der Waals surface area contributed by atoms with Gasteiger partial charge in [-0.15, -0.1) is 0 Å². The van der Waals surface area contributed by atoms with E-state index in [9.17, 15) is 14.9 Å². The van der Waals surface area contributed by atoms with Crippen LogP contribution >= 0.6 is 8.53 Å². The van der Waals surface area contributed by atoms with Gasteiger partial charge in [0, 0.05) is 29.4 Å². The van der Waals surface area contributed by atoms with Crippen LogP contribution in [0.1, 0.15) is 66.7 Å². The third kappa shape index (κ3) is 10.7. The molecule has 0 aliphatic carbocycles. The number of carbonyl (C=O) groups excluding carboxylic acids is 1.